The largest absolute Gasteiger partial charge is 0.481 e. The van der Waals surface area contributed by atoms with E-state index in [2.05, 4.69) is 24.3 Å². The maximum absolute atomic E-state index is 10.6. The fourth-order valence-electron chi connectivity index (χ4n) is 2.01. The zero-order valence-electron chi connectivity index (χ0n) is 9.23. The first-order chi connectivity index (χ1) is 7.68. The fraction of sp³-hybridized carbons (Fsp3) is 0.214. The molecule has 0 fully saturated rings. The van der Waals surface area contributed by atoms with Crippen LogP contribution in [0.4, 0.5) is 0 Å². The van der Waals surface area contributed by atoms with Crippen LogP contribution in [0.3, 0.4) is 0 Å². The molecule has 0 aromatic heterocycles. The van der Waals surface area contributed by atoms with Crippen LogP contribution < -0.4 is 0 Å². The van der Waals surface area contributed by atoms with Gasteiger partial charge in [-0.05, 0) is 35.2 Å². The Hall–Kier alpha value is -1.83. The smallest absolute Gasteiger partial charge is 0.303 e. The molecule has 0 radical (unpaired) electrons. The second-order valence-corrected chi connectivity index (χ2v) is 3.98. The lowest BCUT2D eigenvalue weighted by atomic mass is 9.96. The van der Waals surface area contributed by atoms with Gasteiger partial charge in [0, 0.05) is 6.42 Å². The molecule has 0 aliphatic carbocycles. The summed E-state index contributed by atoms with van der Waals surface area (Å²) in [6.45, 7) is 2.03. The first-order valence-electron chi connectivity index (χ1n) is 5.37. The van der Waals surface area contributed by atoms with Crippen molar-refractivity contribution in [3.8, 4) is 0 Å². The molecule has 2 rings (SSSR count). The van der Waals surface area contributed by atoms with Gasteiger partial charge < -0.3 is 5.11 Å². The second-order valence-electron chi connectivity index (χ2n) is 3.98. The summed E-state index contributed by atoms with van der Waals surface area (Å²) in [6, 6.07) is 12.2. The molecule has 1 N–H and O–H groups in total. The number of benzene rings is 2. The average Bonchev–Trinajstić information content (AvgIpc) is 2.27. The molecule has 16 heavy (non-hydrogen) atoms. The Kier molecular flexibility index (Phi) is 2.91. The van der Waals surface area contributed by atoms with E-state index in [1.165, 1.54) is 16.3 Å². The van der Waals surface area contributed by atoms with Crippen molar-refractivity contribution in [2.45, 2.75) is 19.8 Å². The highest BCUT2D eigenvalue weighted by atomic mass is 16.4. The van der Waals surface area contributed by atoms with E-state index >= 15 is 0 Å². The van der Waals surface area contributed by atoms with Crippen LogP contribution in [-0.4, -0.2) is 11.1 Å². The van der Waals surface area contributed by atoms with Gasteiger partial charge in [0.05, 0.1) is 0 Å². The first-order valence-corrected chi connectivity index (χ1v) is 5.37. The number of aliphatic carboxylic acids is 1. The molecule has 2 aromatic carbocycles. The van der Waals surface area contributed by atoms with E-state index in [1.807, 2.05) is 19.1 Å². The minimum atomic E-state index is -0.743. The highest BCUT2D eigenvalue weighted by Gasteiger charge is 2.06. The number of carbonyl (C=O) groups is 1. The van der Waals surface area contributed by atoms with E-state index in [9.17, 15) is 4.79 Å². The number of carboxylic acids is 1. The van der Waals surface area contributed by atoms with Crippen molar-refractivity contribution in [2.75, 3.05) is 0 Å². The van der Waals surface area contributed by atoms with Crippen LogP contribution in [0.15, 0.2) is 36.4 Å². The first kappa shape index (κ1) is 10.7. The summed E-state index contributed by atoms with van der Waals surface area (Å²) in [6.07, 6.45) is 0.789. The lowest BCUT2D eigenvalue weighted by Gasteiger charge is -2.08. The Morgan fingerprint density at radius 1 is 1.19 bits per heavy atom. The number of hydrogen-bond acceptors (Lipinski definition) is 1. The standard InChI is InChI=1S/C14H14O2/c1-10-6-7-11-4-2-3-5-13(11)12(10)8-9-14(15)16/h2-7H,8-9H2,1H3,(H,15,16). The van der Waals surface area contributed by atoms with Crippen LogP contribution in [-0.2, 0) is 11.2 Å². The Labute approximate surface area is 94.5 Å². The molecule has 0 aliphatic heterocycles. The zero-order chi connectivity index (χ0) is 11.5. The van der Waals surface area contributed by atoms with Gasteiger partial charge in [-0.25, -0.2) is 0 Å². The average molecular weight is 214 g/mol. The highest BCUT2D eigenvalue weighted by Crippen LogP contribution is 2.23. The quantitative estimate of drug-likeness (QED) is 0.852. The molecule has 0 unspecified atom stereocenters. The molecule has 2 aromatic rings. The fourth-order valence-corrected chi connectivity index (χ4v) is 2.01. The van der Waals surface area contributed by atoms with Crippen molar-refractivity contribution in [1.82, 2.24) is 0 Å². The third-order valence-corrected chi connectivity index (χ3v) is 2.86. The highest BCUT2D eigenvalue weighted by molar-refractivity contribution is 5.87. The van der Waals surface area contributed by atoms with E-state index < -0.39 is 5.97 Å². The summed E-state index contributed by atoms with van der Waals surface area (Å²) >= 11 is 0. The Bertz CT molecular complexity index is 529. The summed E-state index contributed by atoms with van der Waals surface area (Å²) in [4.78, 5) is 10.6. The van der Waals surface area contributed by atoms with E-state index in [4.69, 9.17) is 5.11 Å². The number of hydrogen-bond donors (Lipinski definition) is 1. The van der Waals surface area contributed by atoms with Gasteiger partial charge in [-0.15, -0.1) is 0 Å². The molecule has 0 bridgehead atoms. The van der Waals surface area contributed by atoms with Gasteiger partial charge in [0.25, 0.3) is 0 Å². The topological polar surface area (TPSA) is 37.3 Å². The van der Waals surface area contributed by atoms with E-state index in [0.29, 0.717) is 6.42 Å². The molecule has 2 heteroatoms. The maximum atomic E-state index is 10.6. The van der Waals surface area contributed by atoms with E-state index in [1.54, 1.807) is 0 Å². The summed E-state index contributed by atoms with van der Waals surface area (Å²) in [5, 5.41) is 11.1. The molecule has 0 saturated heterocycles. The van der Waals surface area contributed by atoms with Gasteiger partial charge in [0.1, 0.15) is 0 Å². The Morgan fingerprint density at radius 3 is 2.69 bits per heavy atom. The molecule has 82 valence electrons. The molecule has 0 spiro atoms. The monoisotopic (exact) mass is 214 g/mol. The van der Waals surface area contributed by atoms with Crippen LogP contribution in [0.1, 0.15) is 17.5 Å². The predicted octanol–water partition coefficient (Wildman–Crippen LogP) is 3.17. The molecule has 0 aliphatic rings. The van der Waals surface area contributed by atoms with Crippen LogP contribution in [0.5, 0.6) is 0 Å². The van der Waals surface area contributed by atoms with Gasteiger partial charge in [-0.3, -0.25) is 4.79 Å². The molecular weight excluding hydrogens is 200 g/mol. The molecule has 0 saturated carbocycles. The van der Waals surface area contributed by atoms with Crippen molar-refractivity contribution < 1.29 is 9.90 Å². The lowest BCUT2D eigenvalue weighted by molar-refractivity contribution is -0.136. The molecule has 0 amide bonds. The second kappa shape index (κ2) is 4.35. The van der Waals surface area contributed by atoms with Crippen LogP contribution >= 0.6 is 0 Å². The number of carboxylic acid groups (broad SMARTS) is 1. The summed E-state index contributed by atoms with van der Waals surface area (Å²) in [5.41, 5.74) is 2.32. The molecule has 2 nitrogen and oxygen atoms in total. The van der Waals surface area contributed by atoms with Crippen LogP contribution in [0.2, 0.25) is 0 Å². The van der Waals surface area contributed by atoms with Crippen molar-refractivity contribution in [3.05, 3.63) is 47.5 Å². The van der Waals surface area contributed by atoms with Gasteiger partial charge in [0.15, 0.2) is 0 Å². The van der Waals surface area contributed by atoms with Crippen LogP contribution in [0.25, 0.3) is 10.8 Å². The van der Waals surface area contributed by atoms with Crippen molar-refractivity contribution in [2.24, 2.45) is 0 Å². The summed E-state index contributed by atoms with van der Waals surface area (Å²) < 4.78 is 0. The number of fused-ring (bicyclic) bond motifs is 1. The van der Waals surface area contributed by atoms with Gasteiger partial charge in [-0.1, -0.05) is 36.4 Å². The third kappa shape index (κ3) is 2.06. The molecular formula is C14H14O2. The van der Waals surface area contributed by atoms with Crippen LogP contribution in [0, 0.1) is 6.92 Å². The zero-order valence-corrected chi connectivity index (χ0v) is 9.23. The minimum Gasteiger partial charge on any atom is -0.481 e. The maximum Gasteiger partial charge on any atom is 0.303 e. The van der Waals surface area contributed by atoms with Crippen molar-refractivity contribution in [3.63, 3.8) is 0 Å². The van der Waals surface area contributed by atoms with Crippen molar-refractivity contribution >= 4 is 16.7 Å². The molecule has 0 atom stereocenters. The Balaban J connectivity index is 2.48. The summed E-state index contributed by atoms with van der Waals surface area (Å²) in [7, 11) is 0. The normalized spacial score (nSPS) is 10.6. The SMILES string of the molecule is Cc1ccc2ccccc2c1CCC(=O)O. The number of rotatable bonds is 3. The predicted molar refractivity (Wildman–Crippen MR) is 64.6 cm³/mol. The minimum absolute atomic E-state index is 0.189. The van der Waals surface area contributed by atoms with E-state index in [0.717, 1.165) is 5.56 Å². The third-order valence-electron chi connectivity index (χ3n) is 2.86. The van der Waals surface area contributed by atoms with Gasteiger partial charge >= 0.3 is 5.97 Å². The lowest BCUT2D eigenvalue weighted by Crippen LogP contribution is -1.99. The van der Waals surface area contributed by atoms with E-state index in [-0.39, 0.29) is 6.42 Å². The Morgan fingerprint density at radius 2 is 1.94 bits per heavy atom. The number of aryl methyl sites for hydroxylation is 2. The van der Waals surface area contributed by atoms with Crippen molar-refractivity contribution in [1.29, 1.82) is 0 Å². The van der Waals surface area contributed by atoms with Gasteiger partial charge in [0.2, 0.25) is 0 Å². The molecule has 0 heterocycles. The summed E-state index contributed by atoms with van der Waals surface area (Å²) in [5.74, 6) is -0.743. The van der Waals surface area contributed by atoms with Gasteiger partial charge in [-0.2, -0.15) is 0 Å².